The van der Waals surface area contributed by atoms with E-state index in [-0.39, 0.29) is 6.61 Å². The van der Waals surface area contributed by atoms with Crippen LogP contribution in [0.5, 0.6) is 0 Å². The van der Waals surface area contributed by atoms with Crippen LogP contribution in [0, 0.1) is 0 Å². The van der Waals surface area contributed by atoms with Crippen molar-refractivity contribution in [1.29, 1.82) is 0 Å². The molecule has 0 heterocycles. The van der Waals surface area contributed by atoms with E-state index in [2.05, 4.69) is 0 Å². The molecule has 0 aromatic heterocycles. The molecule has 0 saturated heterocycles. The van der Waals surface area contributed by atoms with Crippen molar-refractivity contribution in [2.75, 3.05) is 32.9 Å². The Balaban J connectivity index is 4.07. The lowest BCUT2D eigenvalue weighted by Gasteiger charge is -2.33. The number of hydrogen-bond donors (Lipinski definition) is 2. The highest BCUT2D eigenvalue weighted by molar-refractivity contribution is 5.77. The van der Waals surface area contributed by atoms with E-state index in [0.29, 0.717) is 26.3 Å². The molecule has 0 rings (SSSR count). The number of hydrogen-bond acceptors (Lipinski definition) is 4. The van der Waals surface area contributed by atoms with Gasteiger partial charge in [-0.1, -0.05) is 6.92 Å². The summed E-state index contributed by atoms with van der Waals surface area (Å²) in [5.74, 6) is -0.841. The molecule has 0 bridgehead atoms. The van der Waals surface area contributed by atoms with Gasteiger partial charge < -0.3 is 14.9 Å². The Kier molecular flexibility index (Phi) is 6.47. The predicted molar refractivity (Wildman–Crippen MR) is 56.9 cm³/mol. The van der Waals surface area contributed by atoms with Crippen LogP contribution in [-0.2, 0) is 9.53 Å². The molecule has 0 amide bonds. The molecule has 0 fully saturated rings. The average Bonchev–Trinajstić information content (AvgIpc) is 2.17. The van der Waals surface area contributed by atoms with Crippen LogP contribution in [0.4, 0.5) is 0 Å². The summed E-state index contributed by atoms with van der Waals surface area (Å²) in [4.78, 5) is 12.8. The molecule has 0 radical (unpaired) electrons. The topological polar surface area (TPSA) is 70.0 Å². The van der Waals surface area contributed by atoms with Gasteiger partial charge in [-0.2, -0.15) is 0 Å². The van der Waals surface area contributed by atoms with Crippen LogP contribution < -0.4 is 0 Å². The summed E-state index contributed by atoms with van der Waals surface area (Å²) in [6, 6.07) is 0. The molecule has 0 aromatic carbocycles. The maximum Gasteiger partial charge on any atom is 0.323 e. The summed E-state index contributed by atoms with van der Waals surface area (Å²) < 4.78 is 5.11. The number of rotatable bonds is 8. The normalized spacial score (nSPS) is 12.1. The van der Waals surface area contributed by atoms with Crippen molar-refractivity contribution in [3.63, 3.8) is 0 Å². The first kappa shape index (κ1) is 14.3. The lowest BCUT2D eigenvalue weighted by Crippen LogP contribution is -2.51. The van der Waals surface area contributed by atoms with Gasteiger partial charge in [0.1, 0.15) is 5.54 Å². The first-order valence-corrected chi connectivity index (χ1v) is 5.13. The van der Waals surface area contributed by atoms with Crippen LogP contribution in [0.3, 0.4) is 0 Å². The van der Waals surface area contributed by atoms with Gasteiger partial charge in [-0.15, -0.1) is 0 Å². The van der Waals surface area contributed by atoms with Crippen LogP contribution in [-0.4, -0.2) is 59.5 Å². The number of carbonyl (C=O) groups is 1. The van der Waals surface area contributed by atoms with E-state index in [4.69, 9.17) is 14.9 Å². The largest absolute Gasteiger partial charge is 0.480 e. The maximum atomic E-state index is 11.0. The Morgan fingerprint density at radius 3 is 2.40 bits per heavy atom. The lowest BCUT2D eigenvalue weighted by atomic mass is 10.0. The molecule has 0 spiro atoms. The van der Waals surface area contributed by atoms with Gasteiger partial charge in [0.25, 0.3) is 0 Å². The standard InChI is InChI=1S/C10H21NO4/c1-4-11(5-7-15-8-6-12)10(2,3)9(13)14/h12H,4-8H2,1-3H3,(H,13,14). The smallest absolute Gasteiger partial charge is 0.323 e. The SMILES string of the molecule is CCN(CCOCCO)C(C)(C)C(=O)O. The second kappa shape index (κ2) is 6.76. The predicted octanol–water partition coefficient (Wildman–Crippen LogP) is 0.180. The molecule has 90 valence electrons. The van der Waals surface area contributed by atoms with Crippen molar-refractivity contribution in [1.82, 2.24) is 4.90 Å². The quantitative estimate of drug-likeness (QED) is 0.570. The van der Waals surface area contributed by atoms with E-state index < -0.39 is 11.5 Å². The van der Waals surface area contributed by atoms with Crippen molar-refractivity contribution < 1.29 is 19.7 Å². The van der Waals surface area contributed by atoms with Gasteiger partial charge in [0, 0.05) is 6.54 Å². The van der Waals surface area contributed by atoms with E-state index in [1.165, 1.54) is 0 Å². The molecule has 5 nitrogen and oxygen atoms in total. The average molecular weight is 219 g/mol. The molecule has 0 aliphatic rings. The van der Waals surface area contributed by atoms with Gasteiger partial charge in [-0.25, -0.2) is 0 Å². The van der Waals surface area contributed by atoms with Crippen molar-refractivity contribution >= 4 is 5.97 Å². The molecular weight excluding hydrogens is 198 g/mol. The molecule has 15 heavy (non-hydrogen) atoms. The molecule has 0 aromatic rings. The minimum Gasteiger partial charge on any atom is -0.480 e. The van der Waals surface area contributed by atoms with Gasteiger partial charge in [0.05, 0.1) is 19.8 Å². The number of aliphatic hydroxyl groups excluding tert-OH is 1. The van der Waals surface area contributed by atoms with Gasteiger partial charge in [0.2, 0.25) is 0 Å². The number of carboxylic acids is 1. The summed E-state index contributed by atoms with van der Waals surface area (Å²) in [7, 11) is 0. The van der Waals surface area contributed by atoms with Gasteiger partial charge >= 0.3 is 5.97 Å². The summed E-state index contributed by atoms with van der Waals surface area (Å²) in [6.07, 6.45) is 0. The zero-order chi connectivity index (χ0) is 11.9. The van der Waals surface area contributed by atoms with Crippen LogP contribution in [0.1, 0.15) is 20.8 Å². The first-order chi connectivity index (χ1) is 6.96. The summed E-state index contributed by atoms with van der Waals surface area (Å²) >= 11 is 0. The lowest BCUT2D eigenvalue weighted by molar-refractivity contribution is -0.149. The second-order valence-electron chi connectivity index (χ2n) is 3.78. The molecular formula is C10H21NO4. The maximum absolute atomic E-state index is 11.0. The molecule has 5 heteroatoms. The molecule has 0 aliphatic heterocycles. The minimum atomic E-state index is -0.878. The Labute approximate surface area is 90.6 Å². The molecule has 0 saturated carbocycles. The van der Waals surface area contributed by atoms with Crippen LogP contribution >= 0.6 is 0 Å². The molecule has 0 aliphatic carbocycles. The van der Waals surface area contributed by atoms with Crippen LogP contribution in [0.15, 0.2) is 0 Å². The molecule has 2 N–H and O–H groups in total. The Morgan fingerprint density at radius 1 is 1.40 bits per heavy atom. The Hall–Kier alpha value is -0.650. The third-order valence-corrected chi connectivity index (χ3v) is 2.44. The van der Waals surface area contributed by atoms with Crippen molar-refractivity contribution in [3.8, 4) is 0 Å². The highest BCUT2D eigenvalue weighted by Crippen LogP contribution is 2.13. The molecule has 0 unspecified atom stereocenters. The van der Waals surface area contributed by atoms with E-state index in [1.54, 1.807) is 13.8 Å². The van der Waals surface area contributed by atoms with Gasteiger partial charge in [-0.3, -0.25) is 9.69 Å². The van der Waals surface area contributed by atoms with E-state index in [9.17, 15) is 4.79 Å². The van der Waals surface area contributed by atoms with Crippen molar-refractivity contribution in [2.24, 2.45) is 0 Å². The fourth-order valence-corrected chi connectivity index (χ4v) is 1.31. The number of aliphatic carboxylic acids is 1. The van der Waals surface area contributed by atoms with E-state index in [0.717, 1.165) is 0 Å². The number of carboxylic acid groups (broad SMARTS) is 1. The highest BCUT2D eigenvalue weighted by Gasteiger charge is 2.33. The fraction of sp³-hybridized carbons (Fsp3) is 0.900. The fourth-order valence-electron chi connectivity index (χ4n) is 1.31. The summed E-state index contributed by atoms with van der Waals surface area (Å²) in [5, 5.41) is 17.5. The number of likely N-dealkylation sites (N-methyl/N-ethyl adjacent to an activating group) is 1. The zero-order valence-corrected chi connectivity index (χ0v) is 9.69. The van der Waals surface area contributed by atoms with E-state index in [1.807, 2.05) is 11.8 Å². The monoisotopic (exact) mass is 219 g/mol. The van der Waals surface area contributed by atoms with Crippen LogP contribution in [0.2, 0.25) is 0 Å². The van der Waals surface area contributed by atoms with Crippen molar-refractivity contribution in [3.05, 3.63) is 0 Å². The highest BCUT2D eigenvalue weighted by atomic mass is 16.5. The zero-order valence-electron chi connectivity index (χ0n) is 9.69. The number of aliphatic hydroxyl groups is 1. The molecule has 0 atom stereocenters. The third-order valence-electron chi connectivity index (χ3n) is 2.44. The Bertz CT molecular complexity index is 194. The summed E-state index contributed by atoms with van der Waals surface area (Å²) in [5.41, 5.74) is -0.878. The van der Waals surface area contributed by atoms with Crippen LogP contribution in [0.25, 0.3) is 0 Å². The second-order valence-corrected chi connectivity index (χ2v) is 3.78. The van der Waals surface area contributed by atoms with E-state index >= 15 is 0 Å². The van der Waals surface area contributed by atoms with Gasteiger partial charge in [0.15, 0.2) is 0 Å². The van der Waals surface area contributed by atoms with Crippen molar-refractivity contribution in [2.45, 2.75) is 26.3 Å². The Morgan fingerprint density at radius 2 is 2.00 bits per heavy atom. The number of ether oxygens (including phenoxy) is 1. The third kappa shape index (κ3) is 4.59. The van der Waals surface area contributed by atoms with Gasteiger partial charge in [-0.05, 0) is 20.4 Å². The number of nitrogens with zero attached hydrogens (tertiary/aromatic N) is 1. The summed E-state index contributed by atoms with van der Waals surface area (Å²) in [6.45, 7) is 7.19. The first-order valence-electron chi connectivity index (χ1n) is 5.13. The minimum absolute atomic E-state index is 0.00551.